The summed E-state index contributed by atoms with van der Waals surface area (Å²) >= 11 is 0. The maximum Gasteiger partial charge on any atom is 0.146 e. The van der Waals surface area contributed by atoms with Crippen LogP contribution in [0.2, 0.25) is 0 Å². The van der Waals surface area contributed by atoms with Crippen molar-refractivity contribution in [1.29, 1.82) is 0 Å². The largest absolute Gasteiger partial charge is 0.321 e. The van der Waals surface area contributed by atoms with Gasteiger partial charge in [-0.2, -0.15) is 0 Å². The van der Waals surface area contributed by atoms with Gasteiger partial charge in [-0.25, -0.2) is 0 Å². The summed E-state index contributed by atoms with van der Waals surface area (Å²) in [4.78, 5) is 13.6. The topological polar surface area (TPSA) is 91.9 Å². The van der Waals surface area contributed by atoms with Gasteiger partial charge in [0.15, 0.2) is 0 Å². The first kappa shape index (κ1) is 14.2. The molecule has 0 saturated carbocycles. The number of hydrogen-bond acceptors (Lipinski definition) is 3. The van der Waals surface area contributed by atoms with E-state index in [1.54, 1.807) is 24.3 Å². The third-order valence-corrected chi connectivity index (χ3v) is 2.07. The van der Waals surface area contributed by atoms with E-state index >= 15 is 0 Å². The molecule has 1 aromatic rings. The second-order valence-electron chi connectivity index (χ2n) is 3.28. The van der Waals surface area contributed by atoms with Gasteiger partial charge in [0, 0.05) is 10.6 Å². The molecule has 1 rings (SSSR count). The summed E-state index contributed by atoms with van der Waals surface area (Å²) in [5.41, 5.74) is 15.3. The lowest BCUT2D eigenvalue weighted by Crippen LogP contribution is -2.30. The lowest BCUT2D eigenvalue weighted by atomic mass is 10.0. The number of rotatable bonds is 4. The number of carbonyl (C=O) groups is 1. The zero-order valence-electron chi connectivity index (χ0n) is 8.42. The molecule has 0 amide bonds. The lowest BCUT2D eigenvalue weighted by molar-refractivity contribution is -0.118. The van der Waals surface area contributed by atoms with Crippen molar-refractivity contribution in [3.8, 4) is 0 Å². The highest BCUT2D eigenvalue weighted by Crippen LogP contribution is 2.13. The molecule has 0 aliphatic carbocycles. The summed E-state index contributed by atoms with van der Waals surface area (Å²) in [5, 5.41) is 3.44. The normalized spacial score (nSPS) is 10.9. The average Bonchev–Trinajstić information content (AvgIpc) is 2.21. The molecule has 1 aromatic carbocycles. The van der Waals surface area contributed by atoms with Gasteiger partial charge >= 0.3 is 0 Å². The van der Waals surface area contributed by atoms with Crippen LogP contribution in [0, 0.1) is 0 Å². The van der Waals surface area contributed by atoms with Gasteiger partial charge in [0.1, 0.15) is 5.78 Å². The van der Waals surface area contributed by atoms with E-state index in [-0.39, 0.29) is 13.2 Å². The van der Waals surface area contributed by atoms with Crippen LogP contribution in [-0.4, -0.2) is 11.8 Å². The molecular formula is C11H16N4O. The van der Waals surface area contributed by atoms with E-state index in [0.29, 0.717) is 12.1 Å². The second kappa shape index (κ2) is 6.61. The Morgan fingerprint density at radius 1 is 1.50 bits per heavy atom. The van der Waals surface area contributed by atoms with Crippen LogP contribution in [0.4, 0.5) is 5.69 Å². The smallest absolute Gasteiger partial charge is 0.146 e. The van der Waals surface area contributed by atoms with E-state index in [2.05, 4.69) is 10.0 Å². The van der Waals surface area contributed by atoms with Gasteiger partial charge in [0.05, 0.1) is 6.04 Å². The monoisotopic (exact) mass is 220 g/mol. The summed E-state index contributed by atoms with van der Waals surface area (Å²) in [7, 11) is 0. The molecule has 2 N–H and O–H groups in total. The number of carbonyl (C=O) groups excluding carboxylic acids is 1. The van der Waals surface area contributed by atoms with Crippen LogP contribution in [-0.2, 0) is 11.2 Å². The Morgan fingerprint density at radius 3 is 2.50 bits per heavy atom. The van der Waals surface area contributed by atoms with Crippen LogP contribution >= 0.6 is 0 Å². The SMILES string of the molecule is C.CC(=O)C(N)Cc1ccc(N=[N+]=[N-])cc1. The van der Waals surface area contributed by atoms with Crippen molar-refractivity contribution >= 4 is 11.5 Å². The Balaban J connectivity index is 0.00000225. The molecule has 86 valence electrons. The second-order valence-corrected chi connectivity index (χ2v) is 3.28. The quantitative estimate of drug-likeness (QED) is 0.480. The van der Waals surface area contributed by atoms with Crippen molar-refractivity contribution in [2.75, 3.05) is 0 Å². The molecule has 0 bridgehead atoms. The molecule has 16 heavy (non-hydrogen) atoms. The van der Waals surface area contributed by atoms with Gasteiger partial charge in [-0.1, -0.05) is 36.8 Å². The van der Waals surface area contributed by atoms with Crippen molar-refractivity contribution in [1.82, 2.24) is 0 Å². The maximum atomic E-state index is 10.9. The molecule has 0 radical (unpaired) electrons. The standard InChI is InChI=1S/C10H12N4O.CH4/c1-7(15)10(11)6-8-2-4-9(5-3-8)13-14-12;/h2-5,10H,6,11H2,1H3;1H4. The van der Waals surface area contributed by atoms with Crippen LogP contribution in [0.5, 0.6) is 0 Å². The molecule has 5 nitrogen and oxygen atoms in total. The van der Waals surface area contributed by atoms with Crippen LogP contribution in [0.25, 0.3) is 10.4 Å². The fourth-order valence-corrected chi connectivity index (χ4v) is 1.15. The minimum Gasteiger partial charge on any atom is -0.321 e. The van der Waals surface area contributed by atoms with Crippen molar-refractivity contribution in [3.05, 3.63) is 40.3 Å². The number of nitrogens with two attached hydrogens (primary N) is 1. The van der Waals surface area contributed by atoms with Crippen LogP contribution in [0.15, 0.2) is 29.4 Å². The Hall–Kier alpha value is -1.84. The Labute approximate surface area is 94.9 Å². The van der Waals surface area contributed by atoms with Crippen molar-refractivity contribution in [2.24, 2.45) is 10.8 Å². The number of nitrogens with zero attached hydrogens (tertiary/aromatic N) is 3. The summed E-state index contributed by atoms with van der Waals surface area (Å²) in [6.45, 7) is 1.47. The predicted molar refractivity (Wildman–Crippen MR) is 64.3 cm³/mol. The molecule has 5 heteroatoms. The van der Waals surface area contributed by atoms with Crippen molar-refractivity contribution in [3.63, 3.8) is 0 Å². The first-order valence-corrected chi connectivity index (χ1v) is 4.53. The fourth-order valence-electron chi connectivity index (χ4n) is 1.15. The number of Topliss-reactive ketones (excluding diaryl/α,β-unsaturated/α-hetero) is 1. The molecule has 0 saturated heterocycles. The third kappa shape index (κ3) is 4.13. The van der Waals surface area contributed by atoms with E-state index in [0.717, 1.165) is 5.56 Å². The molecular weight excluding hydrogens is 204 g/mol. The molecule has 0 heterocycles. The Bertz CT molecular complexity index is 393. The molecule has 0 spiro atoms. The Kier molecular flexibility index (Phi) is 5.85. The van der Waals surface area contributed by atoms with E-state index in [1.807, 2.05) is 0 Å². The van der Waals surface area contributed by atoms with Gasteiger partial charge in [-0.15, -0.1) is 0 Å². The maximum absolute atomic E-state index is 10.9. The molecule has 0 aromatic heterocycles. The van der Waals surface area contributed by atoms with E-state index in [4.69, 9.17) is 11.3 Å². The first-order valence-electron chi connectivity index (χ1n) is 4.53. The van der Waals surface area contributed by atoms with E-state index in [1.165, 1.54) is 6.92 Å². The molecule has 0 aliphatic rings. The highest BCUT2D eigenvalue weighted by atomic mass is 16.1. The predicted octanol–water partition coefficient (Wildman–Crippen LogP) is 2.72. The van der Waals surface area contributed by atoms with Gasteiger partial charge in [-0.3, -0.25) is 4.79 Å². The zero-order chi connectivity index (χ0) is 11.3. The van der Waals surface area contributed by atoms with Crippen LogP contribution in [0.1, 0.15) is 19.9 Å². The van der Waals surface area contributed by atoms with Gasteiger partial charge in [0.25, 0.3) is 0 Å². The lowest BCUT2D eigenvalue weighted by Gasteiger charge is -2.07. The van der Waals surface area contributed by atoms with Crippen molar-refractivity contribution < 1.29 is 4.79 Å². The number of azide groups is 1. The average molecular weight is 220 g/mol. The van der Waals surface area contributed by atoms with E-state index in [9.17, 15) is 4.79 Å². The summed E-state index contributed by atoms with van der Waals surface area (Å²) in [6, 6.07) is 6.53. The third-order valence-electron chi connectivity index (χ3n) is 2.07. The number of ketones is 1. The molecule has 0 fully saturated rings. The van der Waals surface area contributed by atoms with Crippen LogP contribution < -0.4 is 5.73 Å². The van der Waals surface area contributed by atoms with Crippen molar-refractivity contribution in [2.45, 2.75) is 26.8 Å². The van der Waals surface area contributed by atoms with Crippen LogP contribution in [0.3, 0.4) is 0 Å². The minimum atomic E-state index is -0.463. The van der Waals surface area contributed by atoms with Gasteiger partial charge in [0.2, 0.25) is 0 Å². The zero-order valence-corrected chi connectivity index (χ0v) is 8.42. The highest BCUT2D eigenvalue weighted by molar-refractivity contribution is 5.81. The molecule has 1 unspecified atom stereocenters. The summed E-state index contributed by atoms with van der Waals surface area (Å²) < 4.78 is 0. The summed E-state index contributed by atoms with van der Waals surface area (Å²) in [6.07, 6.45) is 0.506. The molecule has 0 aliphatic heterocycles. The first-order chi connectivity index (χ1) is 7.13. The number of hydrogen-bond donors (Lipinski definition) is 1. The number of benzene rings is 1. The molecule has 1 atom stereocenters. The fraction of sp³-hybridized carbons (Fsp3) is 0.364. The van der Waals surface area contributed by atoms with E-state index < -0.39 is 6.04 Å². The highest BCUT2D eigenvalue weighted by Gasteiger charge is 2.08. The van der Waals surface area contributed by atoms with Gasteiger partial charge in [-0.05, 0) is 24.4 Å². The minimum absolute atomic E-state index is 0. The van der Waals surface area contributed by atoms with Gasteiger partial charge < -0.3 is 5.73 Å². The summed E-state index contributed by atoms with van der Waals surface area (Å²) in [5.74, 6) is -0.0332. The Morgan fingerprint density at radius 2 is 2.06 bits per heavy atom.